The topological polar surface area (TPSA) is 53.8 Å². The summed E-state index contributed by atoms with van der Waals surface area (Å²) in [6, 6.07) is 15.3. The van der Waals surface area contributed by atoms with Crippen LogP contribution in [-0.4, -0.2) is 34.0 Å². The molecule has 0 atom stereocenters. The first-order valence-electron chi connectivity index (χ1n) is 10.3. The Morgan fingerprint density at radius 1 is 0.774 bits per heavy atom. The molecule has 0 spiro atoms. The fraction of sp³-hybridized carbons (Fsp3) is 0.231. The van der Waals surface area contributed by atoms with Gasteiger partial charge >= 0.3 is 5.63 Å². The first kappa shape index (κ1) is 20.7. The molecule has 31 heavy (non-hydrogen) atoms. The summed E-state index contributed by atoms with van der Waals surface area (Å²) in [5.74, 6) is 0.0444. The Morgan fingerprint density at radius 2 is 1.39 bits per heavy atom. The lowest BCUT2D eigenvalue weighted by Crippen LogP contribution is -2.08. The van der Waals surface area contributed by atoms with Crippen LogP contribution in [0.3, 0.4) is 0 Å². The van der Waals surface area contributed by atoms with E-state index in [-0.39, 0.29) is 5.78 Å². The van der Waals surface area contributed by atoms with Crippen molar-refractivity contribution in [1.29, 1.82) is 0 Å². The smallest absolute Gasteiger partial charge is 0.336 e. The summed E-state index contributed by atoms with van der Waals surface area (Å²) in [5, 5.41) is 0.821. The van der Waals surface area contributed by atoms with Crippen LogP contribution in [0.2, 0.25) is 0 Å². The van der Waals surface area contributed by atoms with Gasteiger partial charge < -0.3 is 14.2 Å². The van der Waals surface area contributed by atoms with E-state index < -0.39 is 5.63 Å². The number of benzene rings is 2. The van der Waals surface area contributed by atoms with Gasteiger partial charge in [0.05, 0.1) is 0 Å². The number of hydrogen-bond acceptors (Lipinski definition) is 5. The van der Waals surface area contributed by atoms with E-state index in [1.807, 2.05) is 92.6 Å². The Hall–Kier alpha value is -3.60. The molecule has 0 aliphatic heterocycles. The summed E-state index contributed by atoms with van der Waals surface area (Å²) in [6.45, 7) is 0. The zero-order valence-electron chi connectivity index (χ0n) is 18.3. The van der Waals surface area contributed by atoms with Crippen molar-refractivity contribution >= 4 is 40.3 Å². The second-order valence-electron chi connectivity index (χ2n) is 8.25. The number of rotatable bonds is 4. The molecule has 0 saturated heterocycles. The molecule has 0 amide bonds. The van der Waals surface area contributed by atoms with Crippen LogP contribution in [-0.2, 0) is 4.79 Å². The first-order valence-corrected chi connectivity index (χ1v) is 10.3. The third-order valence-electron chi connectivity index (χ3n) is 5.60. The van der Waals surface area contributed by atoms with Crippen molar-refractivity contribution in [2.24, 2.45) is 0 Å². The minimum absolute atomic E-state index is 0.0444. The van der Waals surface area contributed by atoms with Crippen LogP contribution in [0, 0.1) is 0 Å². The molecule has 158 valence electrons. The number of carbonyl (C=O) groups excluding carboxylic acids is 1. The number of fused-ring (bicyclic) bond motifs is 1. The van der Waals surface area contributed by atoms with Crippen molar-refractivity contribution in [3.63, 3.8) is 0 Å². The van der Waals surface area contributed by atoms with Gasteiger partial charge in [0.2, 0.25) is 0 Å². The van der Waals surface area contributed by atoms with Gasteiger partial charge in [-0.25, -0.2) is 4.79 Å². The molecule has 4 rings (SSSR count). The predicted octanol–water partition coefficient (Wildman–Crippen LogP) is 4.75. The number of allylic oxidation sites excluding steroid dienone is 2. The molecule has 1 aliphatic rings. The molecule has 5 nitrogen and oxygen atoms in total. The SMILES string of the molecule is CN(C)c1ccc(/C=C2/CC/C(=C\c3cc(=O)oc4cc(N(C)C)ccc34)C2=O)cc1. The van der Waals surface area contributed by atoms with Crippen molar-refractivity contribution in [3.8, 4) is 0 Å². The number of Topliss-reactive ketones (excluding diaryl/α,β-unsaturated/α-hetero) is 1. The maximum absolute atomic E-state index is 13.0. The van der Waals surface area contributed by atoms with Crippen molar-refractivity contribution < 1.29 is 9.21 Å². The quantitative estimate of drug-likeness (QED) is 0.455. The minimum Gasteiger partial charge on any atom is -0.423 e. The summed E-state index contributed by atoms with van der Waals surface area (Å²) in [6.07, 6.45) is 5.17. The lowest BCUT2D eigenvalue weighted by Gasteiger charge is -2.13. The predicted molar refractivity (Wildman–Crippen MR) is 128 cm³/mol. The Morgan fingerprint density at radius 3 is 2.03 bits per heavy atom. The van der Waals surface area contributed by atoms with Crippen LogP contribution in [0.1, 0.15) is 24.0 Å². The molecule has 2 aromatic carbocycles. The van der Waals surface area contributed by atoms with Gasteiger partial charge in [-0.3, -0.25) is 4.79 Å². The molecular weight excluding hydrogens is 388 g/mol. The van der Waals surface area contributed by atoms with Gasteiger partial charge in [-0.2, -0.15) is 0 Å². The maximum Gasteiger partial charge on any atom is 0.336 e. The Kier molecular flexibility index (Phi) is 5.51. The largest absolute Gasteiger partial charge is 0.423 e. The average molecular weight is 415 g/mol. The van der Waals surface area contributed by atoms with Gasteiger partial charge in [-0.1, -0.05) is 12.1 Å². The molecular formula is C26H26N2O3. The van der Waals surface area contributed by atoms with E-state index in [1.54, 1.807) is 0 Å². The molecule has 0 radical (unpaired) electrons. The third kappa shape index (κ3) is 4.31. The van der Waals surface area contributed by atoms with Crippen molar-refractivity contribution in [2.45, 2.75) is 12.8 Å². The maximum atomic E-state index is 13.0. The molecule has 0 unspecified atom stereocenters. The van der Waals surface area contributed by atoms with E-state index in [9.17, 15) is 9.59 Å². The highest BCUT2D eigenvalue weighted by molar-refractivity contribution is 6.16. The number of ketones is 1. The second kappa shape index (κ2) is 8.26. The van der Waals surface area contributed by atoms with E-state index >= 15 is 0 Å². The molecule has 1 heterocycles. The number of nitrogens with zero attached hydrogens (tertiary/aromatic N) is 2. The Bertz CT molecular complexity index is 1260. The Labute approximate surface area is 181 Å². The fourth-order valence-electron chi connectivity index (χ4n) is 3.81. The van der Waals surface area contributed by atoms with Crippen LogP contribution in [0.5, 0.6) is 0 Å². The first-order chi connectivity index (χ1) is 14.8. The standard InChI is InChI=1S/C26H26N2O3/c1-27(2)21-9-5-17(6-10-21)13-18-7-8-19(26(18)30)14-20-15-25(29)31-24-16-22(28(3)4)11-12-23(20)24/h5-6,9-16H,7-8H2,1-4H3/b18-13-,19-14+. The van der Waals surface area contributed by atoms with E-state index in [4.69, 9.17) is 4.42 Å². The van der Waals surface area contributed by atoms with Crippen molar-refractivity contribution in [1.82, 2.24) is 0 Å². The van der Waals surface area contributed by atoms with Crippen LogP contribution in [0.25, 0.3) is 23.1 Å². The lowest BCUT2D eigenvalue weighted by molar-refractivity contribution is -0.111. The molecule has 5 heteroatoms. The fourth-order valence-corrected chi connectivity index (χ4v) is 3.81. The van der Waals surface area contributed by atoms with Gasteiger partial charge in [0.1, 0.15) is 5.58 Å². The van der Waals surface area contributed by atoms with Gasteiger partial charge in [0.25, 0.3) is 0 Å². The van der Waals surface area contributed by atoms with Gasteiger partial charge in [0, 0.05) is 68.2 Å². The minimum atomic E-state index is -0.419. The number of hydrogen-bond donors (Lipinski definition) is 0. The van der Waals surface area contributed by atoms with Crippen LogP contribution < -0.4 is 15.4 Å². The van der Waals surface area contributed by atoms with Crippen LogP contribution in [0.4, 0.5) is 11.4 Å². The van der Waals surface area contributed by atoms with Gasteiger partial charge in [-0.15, -0.1) is 0 Å². The third-order valence-corrected chi connectivity index (χ3v) is 5.60. The molecule has 3 aromatic rings. The molecule has 1 aliphatic carbocycles. The zero-order valence-corrected chi connectivity index (χ0v) is 18.3. The highest BCUT2D eigenvalue weighted by Crippen LogP contribution is 2.31. The van der Waals surface area contributed by atoms with Gasteiger partial charge in [0.15, 0.2) is 5.78 Å². The number of carbonyl (C=O) groups is 1. The Balaban J connectivity index is 1.66. The van der Waals surface area contributed by atoms with Crippen LogP contribution >= 0.6 is 0 Å². The van der Waals surface area contributed by atoms with Crippen LogP contribution in [0.15, 0.2) is 68.9 Å². The molecule has 1 fully saturated rings. The van der Waals surface area contributed by atoms with E-state index in [2.05, 4.69) is 0 Å². The van der Waals surface area contributed by atoms with E-state index in [0.29, 0.717) is 18.4 Å². The average Bonchev–Trinajstić information content (AvgIpc) is 3.07. The summed E-state index contributed by atoms with van der Waals surface area (Å²) in [7, 11) is 7.87. The summed E-state index contributed by atoms with van der Waals surface area (Å²) in [4.78, 5) is 29.1. The molecule has 1 aromatic heterocycles. The number of anilines is 2. The van der Waals surface area contributed by atoms with E-state index in [1.165, 1.54) is 6.07 Å². The van der Waals surface area contributed by atoms with Gasteiger partial charge in [-0.05, 0) is 60.4 Å². The molecule has 0 bridgehead atoms. The zero-order chi connectivity index (χ0) is 22.1. The summed E-state index contributed by atoms with van der Waals surface area (Å²) >= 11 is 0. The second-order valence-corrected chi connectivity index (χ2v) is 8.25. The monoisotopic (exact) mass is 414 g/mol. The highest BCUT2D eigenvalue weighted by atomic mass is 16.4. The lowest BCUT2D eigenvalue weighted by atomic mass is 10.0. The van der Waals surface area contributed by atoms with E-state index in [0.717, 1.165) is 39.0 Å². The summed E-state index contributed by atoms with van der Waals surface area (Å²) < 4.78 is 5.40. The van der Waals surface area contributed by atoms with Crippen molar-refractivity contribution in [2.75, 3.05) is 38.0 Å². The summed E-state index contributed by atoms with van der Waals surface area (Å²) in [5.41, 5.74) is 5.42. The highest BCUT2D eigenvalue weighted by Gasteiger charge is 2.23. The van der Waals surface area contributed by atoms with Crippen molar-refractivity contribution in [3.05, 3.63) is 81.2 Å². The molecule has 0 N–H and O–H groups in total. The molecule has 1 saturated carbocycles. The normalized spacial score (nSPS) is 16.5.